The van der Waals surface area contributed by atoms with Crippen LogP contribution in [-0.2, 0) is 5.41 Å². The highest BCUT2D eigenvalue weighted by molar-refractivity contribution is 5.75. The lowest BCUT2D eigenvalue weighted by Gasteiger charge is -2.18. The zero-order valence-corrected chi connectivity index (χ0v) is 13.6. The fourth-order valence-corrected chi connectivity index (χ4v) is 2.47. The van der Waals surface area contributed by atoms with Crippen molar-refractivity contribution in [3.8, 4) is 0 Å². The molecule has 0 spiro atoms. The van der Waals surface area contributed by atoms with Crippen LogP contribution in [0.15, 0.2) is 52.9 Å². The number of rotatable bonds is 3. The fourth-order valence-electron chi connectivity index (χ4n) is 2.47. The summed E-state index contributed by atoms with van der Waals surface area (Å²) in [6.45, 7) is 8.70. The summed E-state index contributed by atoms with van der Waals surface area (Å²) in [6.07, 6.45) is 0. The van der Waals surface area contributed by atoms with Gasteiger partial charge in [-0.3, -0.25) is 0 Å². The Morgan fingerprint density at radius 3 is 2.45 bits per heavy atom. The SMILES string of the molecule is CC(Nc1nc2cc(C(C)(C)C)ccc2o1)c1ccccc1. The number of nitrogens with zero attached hydrogens (tertiary/aromatic N) is 1. The van der Waals surface area contributed by atoms with E-state index in [1.54, 1.807) is 0 Å². The lowest BCUT2D eigenvalue weighted by atomic mass is 9.87. The van der Waals surface area contributed by atoms with E-state index in [4.69, 9.17) is 4.42 Å². The first-order valence-electron chi connectivity index (χ1n) is 7.66. The van der Waals surface area contributed by atoms with E-state index in [0.29, 0.717) is 6.01 Å². The average Bonchev–Trinajstić information content (AvgIpc) is 2.88. The van der Waals surface area contributed by atoms with Gasteiger partial charge in [-0.05, 0) is 35.6 Å². The molecule has 0 fully saturated rings. The molecule has 114 valence electrons. The van der Waals surface area contributed by atoms with Crippen molar-refractivity contribution in [3.63, 3.8) is 0 Å². The van der Waals surface area contributed by atoms with Crippen molar-refractivity contribution in [1.29, 1.82) is 0 Å². The summed E-state index contributed by atoms with van der Waals surface area (Å²) in [7, 11) is 0. The molecular formula is C19H22N2O. The van der Waals surface area contributed by atoms with Crippen molar-refractivity contribution in [2.45, 2.75) is 39.2 Å². The van der Waals surface area contributed by atoms with Gasteiger partial charge in [0.1, 0.15) is 5.52 Å². The molecule has 0 aliphatic carbocycles. The van der Waals surface area contributed by atoms with E-state index in [1.807, 2.05) is 24.3 Å². The van der Waals surface area contributed by atoms with Crippen LogP contribution in [0.25, 0.3) is 11.1 Å². The Morgan fingerprint density at radius 1 is 1.05 bits per heavy atom. The maximum atomic E-state index is 5.81. The van der Waals surface area contributed by atoms with Gasteiger partial charge in [-0.2, -0.15) is 4.98 Å². The third-order valence-corrected chi connectivity index (χ3v) is 3.89. The Balaban J connectivity index is 1.86. The molecule has 0 bridgehead atoms. The second-order valence-corrected chi connectivity index (χ2v) is 6.73. The summed E-state index contributed by atoms with van der Waals surface area (Å²) >= 11 is 0. The maximum absolute atomic E-state index is 5.81. The molecule has 3 rings (SSSR count). The van der Waals surface area contributed by atoms with Gasteiger partial charge in [-0.1, -0.05) is 57.2 Å². The first kappa shape index (κ1) is 14.6. The molecule has 1 atom stereocenters. The van der Waals surface area contributed by atoms with Gasteiger partial charge >= 0.3 is 0 Å². The highest BCUT2D eigenvalue weighted by Crippen LogP contribution is 2.28. The molecular weight excluding hydrogens is 272 g/mol. The van der Waals surface area contributed by atoms with Crippen molar-refractivity contribution in [2.75, 3.05) is 5.32 Å². The van der Waals surface area contributed by atoms with Gasteiger partial charge in [0.2, 0.25) is 0 Å². The van der Waals surface area contributed by atoms with Crippen LogP contribution < -0.4 is 5.32 Å². The summed E-state index contributed by atoms with van der Waals surface area (Å²) in [4.78, 5) is 4.57. The van der Waals surface area contributed by atoms with Crippen molar-refractivity contribution in [3.05, 3.63) is 59.7 Å². The Hall–Kier alpha value is -2.29. The monoisotopic (exact) mass is 294 g/mol. The number of hydrogen-bond donors (Lipinski definition) is 1. The van der Waals surface area contributed by atoms with E-state index in [9.17, 15) is 0 Å². The molecule has 1 heterocycles. The van der Waals surface area contributed by atoms with Crippen LogP contribution in [0, 0.1) is 0 Å². The maximum Gasteiger partial charge on any atom is 0.296 e. The van der Waals surface area contributed by atoms with Gasteiger partial charge < -0.3 is 9.73 Å². The van der Waals surface area contributed by atoms with Crippen molar-refractivity contribution in [1.82, 2.24) is 4.98 Å². The predicted octanol–water partition coefficient (Wildman–Crippen LogP) is 5.30. The molecule has 0 saturated carbocycles. The number of oxazole rings is 1. The summed E-state index contributed by atoms with van der Waals surface area (Å²) in [5.74, 6) is 0. The van der Waals surface area contributed by atoms with Gasteiger partial charge in [0.25, 0.3) is 6.01 Å². The number of nitrogens with one attached hydrogen (secondary N) is 1. The molecule has 0 saturated heterocycles. The number of hydrogen-bond acceptors (Lipinski definition) is 3. The van der Waals surface area contributed by atoms with Crippen LogP contribution in [0.4, 0.5) is 6.01 Å². The minimum absolute atomic E-state index is 0.109. The number of fused-ring (bicyclic) bond motifs is 1. The summed E-state index contributed by atoms with van der Waals surface area (Å²) in [6, 6.07) is 17.2. The van der Waals surface area contributed by atoms with Gasteiger partial charge in [0.05, 0.1) is 6.04 Å². The van der Waals surface area contributed by atoms with E-state index in [-0.39, 0.29) is 11.5 Å². The average molecular weight is 294 g/mol. The zero-order chi connectivity index (χ0) is 15.7. The highest BCUT2D eigenvalue weighted by atomic mass is 16.4. The lowest BCUT2D eigenvalue weighted by molar-refractivity contribution is 0.589. The number of aromatic nitrogens is 1. The van der Waals surface area contributed by atoms with Gasteiger partial charge in [0, 0.05) is 0 Å². The lowest BCUT2D eigenvalue weighted by Crippen LogP contribution is -2.10. The van der Waals surface area contributed by atoms with Gasteiger partial charge in [-0.15, -0.1) is 0 Å². The highest BCUT2D eigenvalue weighted by Gasteiger charge is 2.16. The third-order valence-electron chi connectivity index (χ3n) is 3.89. The molecule has 0 aliphatic heterocycles. The fraction of sp³-hybridized carbons (Fsp3) is 0.316. The minimum atomic E-state index is 0.109. The minimum Gasteiger partial charge on any atom is -0.424 e. The first-order chi connectivity index (χ1) is 10.4. The van der Waals surface area contributed by atoms with E-state index < -0.39 is 0 Å². The summed E-state index contributed by atoms with van der Waals surface area (Å²) < 4.78 is 5.81. The van der Waals surface area contributed by atoms with Crippen LogP contribution >= 0.6 is 0 Å². The number of benzene rings is 2. The van der Waals surface area contributed by atoms with Crippen molar-refractivity contribution in [2.24, 2.45) is 0 Å². The quantitative estimate of drug-likeness (QED) is 0.712. The Morgan fingerprint density at radius 2 is 1.77 bits per heavy atom. The topological polar surface area (TPSA) is 38.1 Å². The zero-order valence-electron chi connectivity index (χ0n) is 13.6. The Labute approximate surface area is 131 Å². The molecule has 22 heavy (non-hydrogen) atoms. The van der Waals surface area contributed by atoms with Crippen LogP contribution in [0.2, 0.25) is 0 Å². The molecule has 0 aliphatic rings. The normalized spacial score (nSPS) is 13.3. The molecule has 3 aromatic rings. The second-order valence-electron chi connectivity index (χ2n) is 6.73. The van der Waals surface area contributed by atoms with E-state index >= 15 is 0 Å². The number of anilines is 1. The third kappa shape index (κ3) is 2.98. The van der Waals surface area contributed by atoms with Crippen molar-refractivity contribution >= 4 is 17.1 Å². The summed E-state index contributed by atoms with van der Waals surface area (Å²) in [5, 5.41) is 3.33. The van der Waals surface area contributed by atoms with Crippen LogP contribution in [0.3, 0.4) is 0 Å². The Bertz CT molecular complexity index is 769. The predicted molar refractivity (Wildman–Crippen MR) is 91.2 cm³/mol. The van der Waals surface area contributed by atoms with Crippen LogP contribution in [-0.4, -0.2) is 4.98 Å². The standard InChI is InChI=1S/C19H22N2O/c1-13(14-8-6-5-7-9-14)20-18-21-16-12-15(19(2,3)4)10-11-17(16)22-18/h5-13H,1-4H3,(H,20,21). The van der Waals surface area contributed by atoms with Gasteiger partial charge in [0.15, 0.2) is 5.58 Å². The largest absolute Gasteiger partial charge is 0.424 e. The smallest absolute Gasteiger partial charge is 0.296 e. The summed E-state index contributed by atoms with van der Waals surface area (Å²) in [5.41, 5.74) is 4.29. The van der Waals surface area contributed by atoms with Gasteiger partial charge in [-0.25, -0.2) is 0 Å². The molecule has 1 unspecified atom stereocenters. The van der Waals surface area contributed by atoms with E-state index in [0.717, 1.165) is 11.1 Å². The molecule has 1 N–H and O–H groups in total. The molecule has 3 heteroatoms. The van der Waals surface area contributed by atoms with E-state index in [1.165, 1.54) is 11.1 Å². The molecule has 0 amide bonds. The molecule has 2 aromatic carbocycles. The van der Waals surface area contributed by atoms with Crippen LogP contribution in [0.1, 0.15) is 44.9 Å². The molecule has 0 radical (unpaired) electrons. The van der Waals surface area contributed by atoms with Crippen molar-refractivity contribution < 1.29 is 4.42 Å². The Kier molecular flexibility index (Phi) is 3.65. The second kappa shape index (κ2) is 5.48. The molecule has 1 aromatic heterocycles. The van der Waals surface area contributed by atoms with Crippen LogP contribution in [0.5, 0.6) is 0 Å². The first-order valence-corrected chi connectivity index (χ1v) is 7.66. The molecule has 3 nitrogen and oxygen atoms in total. The van der Waals surface area contributed by atoms with E-state index in [2.05, 4.69) is 62.3 Å².